The summed E-state index contributed by atoms with van der Waals surface area (Å²) in [6.45, 7) is 2.04. The molecule has 0 fully saturated rings. The van der Waals surface area contributed by atoms with E-state index in [0.717, 1.165) is 19.1 Å². The van der Waals surface area contributed by atoms with Crippen molar-refractivity contribution in [3.63, 3.8) is 0 Å². The zero-order valence-corrected chi connectivity index (χ0v) is 17.0. The van der Waals surface area contributed by atoms with E-state index in [2.05, 4.69) is 11.1 Å². The number of allylic oxidation sites excluding steroid dienone is 1. The van der Waals surface area contributed by atoms with E-state index < -0.39 is 22.3 Å². The lowest BCUT2D eigenvalue weighted by molar-refractivity contribution is 0.155. The fourth-order valence-corrected chi connectivity index (χ4v) is 3.01. The Hall–Kier alpha value is -0.430. The monoisotopic (exact) mass is 377 g/mol. The van der Waals surface area contributed by atoms with E-state index in [4.69, 9.17) is 5.73 Å². The van der Waals surface area contributed by atoms with Crippen LogP contribution in [0.4, 0.5) is 0 Å². The minimum atomic E-state index is -3.52. The van der Waals surface area contributed by atoms with Crippen molar-refractivity contribution in [1.82, 2.24) is 0 Å². The first-order chi connectivity index (χ1) is 11.9. The summed E-state index contributed by atoms with van der Waals surface area (Å²) in [4.78, 5) is 0. The molecular weight excluding hydrogens is 338 g/mol. The molecule has 0 unspecified atom stereocenters. The second-order valence-electron chi connectivity index (χ2n) is 6.90. The van der Waals surface area contributed by atoms with E-state index in [9.17, 15) is 13.5 Å². The molecule has 0 bridgehead atoms. The smallest absolute Gasteiger partial charge is 0.264 e. The van der Waals surface area contributed by atoms with Gasteiger partial charge in [0.15, 0.2) is 0 Å². The Labute approximate surface area is 155 Å². The molecule has 0 spiro atoms. The van der Waals surface area contributed by atoms with Crippen molar-refractivity contribution in [2.75, 3.05) is 12.9 Å². The van der Waals surface area contributed by atoms with Crippen LogP contribution in [0.25, 0.3) is 0 Å². The maximum absolute atomic E-state index is 10.9. The Balaban J connectivity index is 3.47. The van der Waals surface area contributed by atoms with E-state index in [0.29, 0.717) is 0 Å². The molecular formula is C19H39NO4S. The lowest BCUT2D eigenvalue weighted by Crippen LogP contribution is -2.38. The highest BCUT2D eigenvalue weighted by atomic mass is 32.2. The Kier molecular flexibility index (Phi) is 15.5. The van der Waals surface area contributed by atoms with Crippen LogP contribution in [0.1, 0.15) is 84.0 Å². The Morgan fingerprint density at radius 3 is 1.92 bits per heavy atom. The topological polar surface area (TPSA) is 89.6 Å². The molecule has 2 atom stereocenters. The molecule has 0 aromatic heterocycles. The molecule has 0 aliphatic heterocycles. The van der Waals surface area contributed by atoms with Gasteiger partial charge in [0.1, 0.15) is 0 Å². The SMILES string of the molecule is CCCCCCCCCCCCC/C=C/[C@@H](O)[C@@H](N)COS(C)(=O)=O. The van der Waals surface area contributed by atoms with Gasteiger partial charge in [-0.3, -0.25) is 4.18 Å². The highest BCUT2D eigenvalue weighted by Crippen LogP contribution is 2.12. The summed E-state index contributed by atoms with van der Waals surface area (Å²) >= 11 is 0. The lowest BCUT2D eigenvalue weighted by atomic mass is 10.0. The van der Waals surface area contributed by atoms with Gasteiger partial charge in [-0.1, -0.05) is 83.3 Å². The van der Waals surface area contributed by atoms with Crippen LogP contribution in [0, 0.1) is 0 Å². The van der Waals surface area contributed by atoms with Crippen molar-refractivity contribution in [2.24, 2.45) is 5.73 Å². The van der Waals surface area contributed by atoms with Crippen molar-refractivity contribution in [2.45, 2.75) is 96.1 Å². The third-order valence-electron chi connectivity index (χ3n) is 4.22. The average molecular weight is 378 g/mol. The van der Waals surface area contributed by atoms with Gasteiger partial charge < -0.3 is 10.8 Å². The van der Waals surface area contributed by atoms with Gasteiger partial charge >= 0.3 is 0 Å². The van der Waals surface area contributed by atoms with E-state index in [1.165, 1.54) is 64.2 Å². The van der Waals surface area contributed by atoms with Gasteiger partial charge in [-0.2, -0.15) is 8.42 Å². The van der Waals surface area contributed by atoms with Gasteiger partial charge in [0.2, 0.25) is 0 Å². The summed E-state index contributed by atoms with van der Waals surface area (Å²) in [7, 11) is -3.52. The lowest BCUT2D eigenvalue weighted by Gasteiger charge is -2.14. The molecule has 0 saturated heterocycles. The standard InChI is InChI=1S/C19H39NO4S/c1-3-4-5-6-7-8-9-10-11-12-13-14-15-16-19(21)18(20)17-24-25(2,22)23/h15-16,18-19,21H,3-14,17,20H2,1-2H3/b16-15+/t18-,19+/m0/s1. The molecule has 0 saturated carbocycles. The van der Waals surface area contributed by atoms with Crippen LogP contribution in [0.2, 0.25) is 0 Å². The number of hydrogen-bond acceptors (Lipinski definition) is 5. The Morgan fingerprint density at radius 1 is 0.960 bits per heavy atom. The fraction of sp³-hybridized carbons (Fsp3) is 0.895. The summed E-state index contributed by atoms with van der Waals surface area (Å²) in [5.74, 6) is 0. The van der Waals surface area contributed by atoms with Crippen LogP contribution in [-0.2, 0) is 14.3 Å². The summed E-state index contributed by atoms with van der Waals surface area (Å²) in [6.07, 6.45) is 19.0. The largest absolute Gasteiger partial charge is 0.387 e. The van der Waals surface area contributed by atoms with Crippen LogP contribution in [0.15, 0.2) is 12.2 Å². The molecule has 0 aromatic rings. The fourth-order valence-electron chi connectivity index (χ4n) is 2.61. The summed E-state index contributed by atoms with van der Waals surface area (Å²) in [5.41, 5.74) is 5.68. The first kappa shape index (κ1) is 24.6. The molecule has 6 heteroatoms. The third-order valence-corrected chi connectivity index (χ3v) is 4.79. The predicted molar refractivity (Wildman–Crippen MR) is 105 cm³/mol. The van der Waals surface area contributed by atoms with Crippen LogP contribution >= 0.6 is 0 Å². The van der Waals surface area contributed by atoms with Crippen molar-refractivity contribution >= 4 is 10.1 Å². The third kappa shape index (κ3) is 18.2. The molecule has 0 heterocycles. The maximum atomic E-state index is 10.9. The number of aliphatic hydroxyl groups excluding tert-OH is 1. The van der Waals surface area contributed by atoms with E-state index >= 15 is 0 Å². The predicted octanol–water partition coefficient (Wildman–Crippen LogP) is 3.91. The van der Waals surface area contributed by atoms with Crippen LogP contribution in [-0.4, -0.2) is 38.5 Å². The van der Waals surface area contributed by atoms with Crippen molar-refractivity contribution in [3.05, 3.63) is 12.2 Å². The Morgan fingerprint density at radius 2 is 1.44 bits per heavy atom. The molecule has 0 aliphatic carbocycles. The molecule has 0 radical (unpaired) electrons. The zero-order chi connectivity index (χ0) is 19.0. The molecule has 0 aliphatic rings. The molecule has 3 N–H and O–H groups in total. The molecule has 0 rings (SSSR count). The van der Waals surface area contributed by atoms with Gasteiger partial charge in [-0.05, 0) is 12.8 Å². The van der Waals surface area contributed by atoms with E-state index in [-0.39, 0.29) is 6.61 Å². The average Bonchev–Trinajstić information content (AvgIpc) is 2.56. The van der Waals surface area contributed by atoms with E-state index in [1.807, 2.05) is 6.08 Å². The summed E-state index contributed by atoms with van der Waals surface area (Å²) in [6, 6.07) is -0.733. The van der Waals surface area contributed by atoms with Crippen LogP contribution in [0.5, 0.6) is 0 Å². The second-order valence-corrected chi connectivity index (χ2v) is 8.54. The summed E-state index contributed by atoms with van der Waals surface area (Å²) < 4.78 is 26.3. The van der Waals surface area contributed by atoms with Gasteiger partial charge in [0.25, 0.3) is 10.1 Å². The van der Waals surface area contributed by atoms with Gasteiger partial charge in [-0.25, -0.2) is 0 Å². The van der Waals surface area contributed by atoms with Gasteiger partial charge in [-0.15, -0.1) is 0 Å². The molecule has 5 nitrogen and oxygen atoms in total. The number of nitrogens with two attached hydrogens (primary N) is 1. The van der Waals surface area contributed by atoms with Gasteiger partial charge in [0.05, 0.1) is 25.0 Å². The number of unbranched alkanes of at least 4 members (excludes halogenated alkanes) is 11. The van der Waals surface area contributed by atoms with Crippen molar-refractivity contribution in [1.29, 1.82) is 0 Å². The first-order valence-corrected chi connectivity index (χ1v) is 11.6. The Bertz CT molecular complexity index is 423. The van der Waals surface area contributed by atoms with Gasteiger partial charge in [0, 0.05) is 0 Å². The molecule has 0 aromatic carbocycles. The second kappa shape index (κ2) is 15.8. The van der Waals surface area contributed by atoms with Crippen molar-refractivity contribution < 1.29 is 17.7 Å². The number of aliphatic hydroxyl groups is 1. The maximum Gasteiger partial charge on any atom is 0.264 e. The van der Waals surface area contributed by atoms with Crippen LogP contribution in [0.3, 0.4) is 0 Å². The normalized spacial score (nSPS) is 14.9. The zero-order valence-electron chi connectivity index (χ0n) is 16.2. The summed E-state index contributed by atoms with van der Waals surface area (Å²) in [5, 5.41) is 9.81. The quantitative estimate of drug-likeness (QED) is 0.228. The number of rotatable bonds is 17. The molecule has 150 valence electrons. The first-order valence-electron chi connectivity index (χ1n) is 9.81. The highest BCUT2D eigenvalue weighted by molar-refractivity contribution is 7.85. The van der Waals surface area contributed by atoms with Crippen molar-refractivity contribution in [3.8, 4) is 0 Å². The highest BCUT2D eigenvalue weighted by Gasteiger charge is 2.14. The minimum Gasteiger partial charge on any atom is -0.387 e. The van der Waals surface area contributed by atoms with Crippen LogP contribution < -0.4 is 5.73 Å². The minimum absolute atomic E-state index is 0.206. The molecule has 0 amide bonds. The van der Waals surface area contributed by atoms with E-state index in [1.54, 1.807) is 6.08 Å². The molecule has 25 heavy (non-hydrogen) atoms. The number of hydrogen-bond donors (Lipinski definition) is 2.